The van der Waals surface area contributed by atoms with Crippen LogP contribution < -0.4 is 5.32 Å². The Bertz CT molecular complexity index is 764. The van der Waals surface area contributed by atoms with Crippen molar-refractivity contribution < 1.29 is 41.2 Å². The molecule has 10 nitrogen and oxygen atoms in total. The van der Waals surface area contributed by atoms with Crippen molar-refractivity contribution in [1.29, 1.82) is 0 Å². The third-order valence-corrected chi connectivity index (χ3v) is 4.75. The summed E-state index contributed by atoms with van der Waals surface area (Å²) in [5, 5.41) is 2.27. The van der Waals surface area contributed by atoms with E-state index in [0.717, 1.165) is 19.8 Å². The van der Waals surface area contributed by atoms with Crippen LogP contribution in [0.15, 0.2) is 30.3 Å². The molecule has 0 aromatic heterocycles. The summed E-state index contributed by atoms with van der Waals surface area (Å²) in [6.07, 6.45) is -2.52. The summed E-state index contributed by atoms with van der Waals surface area (Å²) >= 11 is 0. The summed E-state index contributed by atoms with van der Waals surface area (Å²) in [6.45, 7) is 1.32. The van der Waals surface area contributed by atoms with Gasteiger partial charge < -0.3 is 19.5 Å². The van der Waals surface area contributed by atoms with E-state index in [0.29, 0.717) is 0 Å². The first-order valence-corrected chi connectivity index (χ1v) is 9.79. The number of alkyl carbamates (subject to hydrolysis) is 1. The Balaban J connectivity index is 2.61. The molecule has 1 aromatic carbocycles. The van der Waals surface area contributed by atoms with Crippen LogP contribution in [0.25, 0.3) is 0 Å². The smallest absolute Gasteiger partial charge is 0.408 e. The predicted octanol–water partition coefficient (Wildman–Crippen LogP) is 0.752. The van der Waals surface area contributed by atoms with Crippen LogP contribution in [0.5, 0.6) is 0 Å². The predicted molar refractivity (Wildman–Crippen MR) is 96.5 cm³/mol. The Morgan fingerprint density at radius 1 is 1.11 bits per heavy atom. The molecule has 0 aliphatic rings. The molecular formula is C17H23NO9S. The molecule has 0 aliphatic heterocycles. The van der Waals surface area contributed by atoms with Crippen LogP contribution >= 0.6 is 0 Å². The lowest BCUT2D eigenvalue weighted by molar-refractivity contribution is -0.155. The van der Waals surface area contributed by atoms with Gasteiger partial charge in [0.05, 0.1) is 26.4 Å². The highest BCUT2D eigenvalue weighted by Gasteiger charge is 2.31. The van der Waals surface area contributed by atoms with Crippen LogP contribution in [0, 0.1) is 0 Å². The Morgan fingerprint density at radius 2 is 1.75 bits per heavy atom. The van der Waals surface area contributed by atoms with Crippen molar-refractivity contribution in [3.8, 4) is 0 Å². The SMILES string of the molecule is COC(=O)C(NC(=O)OCc1ccccc1)C(C)OC(=O)CCS(=O)(=O)OC. The first-order valence-electron chi connectivity index (χ1n) is 8.21. The van der Waals surface area contributed by atoms with Crippen molar-refractivity contribution in [1.82, 2.24) is 5.32 Å². The van der Waals surface area contributed by atoms with Gasteiger partial charge in [-0.1, -0.05) is 30.3 Å². The Hall–Kier alpha value is -2.66. The van der Waals surface area contributed by atoms with Gasteiger partial charge in [-0.25, -0.2) is 9.59 Å². The van der Waals surface area contributed by atoms with Gasteiger partial charge in [0.2, 0.25) is 0 Å². The summed E-state index contributed by atoms with van der Waals surface area (Å²) in [5.41, 5.74) is 0.742. The first kappa shape index (κ1) is 23.4. The summed E-state index contributed by atoms with van der Waals surface area (Å²) in [7, 11) is -1.75. The number of hydrogen-bond acceptors (Lipinski definition) is 9. The van der Waals surface area contributed by atoms with Gasteiger partial charge in [0.15, 0.2) is 6.04 Å². The number of esters is 2. The number of carbonyl (C=O) groups excluding carboxylic acids is 3. The zero-order chi connectivity index (χ0) is 21.2. The normalized spacial score (nSPS) is 13.1. The number of amides is 1. The molecular weight excluding hydrogens is 394 g/mol. The maximum Gasteiger partial charge on any atom is 0.408 e. The van der Waals surface area contributed by atoms with E-state index in [1.54, 1.807) is 24.3 Å². The fourth-order valence-corrected chi connectivity index (χ4v) is 2.60. The number of hydrogen-bond donors (Lipinski definition) is 1. The number of carbonyl (C=O) groups is 3. The van der Waals surface area contributed by atoms with Crippen molar-refractivity contribution in [3.05, 3.63) is 35.9 Å². The quantitative estimate of drug-likeness (QED) is 0.332. The summed E-state index contributed by atoms with van der Waals surface area (Å²) in [5.74, 6) is -2.33. The monoisotopic (exact) mass is 417 g/mol. The molecule has 1 rings (SSSR count). The van der Waals surface area contributed by atoms with Gasteiger partial charge >= 0.3 is 18.0 Å². The topological polar surface area (TPSA) is 134 Å². The van der Waals surface area contributed by atoms with Crippen molar-refractivity contribution in [2.45, 2.75) is 32.1 Å². The van der Waals surface area contributed by atoms with Gasteiger partial charge in [0.1, 0.15) is 12.7 Å². The molecule has 1 N–H and O–H groups in total. The van der Waals surface area contributed by atoms with Crippen LogP contribution in [0.1, 0.15) is 18.9 Å². The standard InChI is InChI=1S/C17H23NO9S/c1-12(27-14(19)9-10-28(22,23)25-3)15(16(20)24-2)18-17(21)26-11-13-7-5-4-6-8-13/h4-8,12,15H,9-11H2,1-3H3,(H,18,21). The second-order valence-electron chi connectivity index (χ2n) is 5.58. The minimum absolute atomic E-state index is 0.0242. The van der Waals surface area contributed by atoms with E-state index in [2.05, 4.69) is 14.2 Å². The van der Waals surface area contributed by atoms with E-state index in [9.17, 15) is 22.8 Å². The highest BCUT2D eigenvalue weighted by atomic mass is 32.2. The van der Waals surface area contributed by atoms with Crippen molar-refractivity contribution in [2.75, 3.05) is 20.0 Å². The summed E-state index contributed by atoms with van der Waals surface area (Å²) < 4.78 is 41.3. The Labute approximate surface area is 163 Å². The zero-order valence-electron chi connectivity index (χ0n) is 15.7. The molecule has 0 saturated heterocycles. The molecule has 28 heavy (non-hydrogen) atoms. The Kier molecular flexibility index (Phi) is 9.39. The number of rotatable bonds is 10. The molecule has 0 fully saturated rings. The van der Waals surface area contributed by atoms with Crippen molar-refractivity contribution in [3.63, 3.8) is 0 Å². The van der Waals surface area contributed by atoms with E-state index in [1.165, 1.54) is 6.92 Å². The highest BCUT2D eigenvalue weighted by molar-refractivity contribution is 7.86. The second-order valence-corrected chi connectivity index (χ2v) is 7.44. The molecule has 0 aliphatic carbocycles. The molecule has 0 saturated carbocycles. The van der Waals surface area contributed by atoms with Gasteiger partial charge in [-0.2, -0.15) is 8.42 Å². The van der Waals surface area contributed by atoms with Crippen LogP contribution in [0.4, 0.5) is 4.79 Å². The van der Waals surface area contributed by atoms with Crippen LogP contribution in [0.3, 0.4) is 0 Å². The molecule has 0 bridgehead atoms. The molecule has 2 atom stereocenters. The van der Waals surface area contributed by atoms with E-state index >= 15 is 0 Å². The minimum atomic E-state index is -3.83. The lowest BCUT2D eigenvalue weighted by Crippen LogP contribution is -2.50. The highest BCUT2D eigenvalue weighted by Crippen LogP contribution is 2.07. The van der Waals surface area contributed by atoms with Gasteiger partial charge in [-0.15, -0.1) is 0 Å². The molecule has 0 radical (unpaired) electrons. The molecule has 11 heteroatoms. The maximum absolute atomic E-state index is 12.0. The van der Waals surface area contributed by atoms with Crippen LogP contribution in [0.2, 0.25) is 0 Å². The van der Waals surface area contributed by atoms with Crippen LogP contribution in [-0.2, 0) is 44.7 Å². The first-order chi connectivity index (χ1) is 13.2. The number of ether oxygens (including phenoxy) is 3. The largest absolute Gasteiger partial charge is 0.467 e. The minimum Gasteiger partial charge on any atom is -0.467 e. The molecule has 1 amide bonds. The van der Waals surface area contributed by atoms with Crippen molar-refractivity contribution >= 4 is 28.1 Å². The number of methoxy groups -OCH3 is 1. The summed E-state index contributed by atoms with van der Waals surface area (Å²) in [6, 6.07) is 7.53. The average molecular weight is 417 g/mol. The molecule has 0 spiro atoms. The third-order valence-electron chi connectivity index (χ3n) is 3.54. The second kappa shape index (κ2) is 11.2. The van der Waals surface area contributed by atoms with E-state index in [4.69, 9.17) is 9.47 Å². The molecule has 2 unspecified atom stereocenters. The van der Waals surface area contributed by atoms with Gasteiger partial charge in [0.25, 0.3) is 10.1 Å². The fourth-order valence-electron chi connectivity index (χ4n) is 2.01. The molecule has 1 aromatic rings. The van der Waals surface area contributed by atoms with Gasteiger partial charge in [-0.05, 0) is 12.5 Å². The van der Waals surface area contributed by atoms with E-state index in [-0.39, 0.29) is 6.61 Å². The fraction of sp³-hybridized carbons (Fsp3) is 0.471. The number of benzene rings is 1. The summed E-state index contributed by atoms with van der Waals surface area (Å²) in [4.78, 5) is 35.7. The molecule has 156 valence electrons. The van der Waals surface area contributed by atoms with E-state index in [1.807, 2.05) is 6.07 Å². The zero-order valence-corrected chi connectivity index (χ0v) is 16.6. The van der Waals surface area contributed by atoms with Gasteiger partial charge in [0, 0.05) is 0 Å². The lowest BCUT2D eigenvalue weighted by Gasteiger charge is -2.22. The Morgan fingerprint density at radius 3 is 2.32 bits per heavy atom. The average Bonchev–Trinajstić information content (AvgIpc) is 2.69. The van der Waals surface area contributed by atoms with Gasteiger partial charge in [-0.3, -0.25) is 8.98 Å². The van der Waals surface area contributed by atoms with Crippen molar-refractivity contribution in [2.24, 2.45) is 0 Å². The van der Waals surface area contributed by atoms with E-state index < -0.39 is 52.5 Å². The maximum atomic E-state index is 12.0. The third kappa shape index (κ3) is 8.35. The van der Waals surface area contributed by atoms with Crippen LogP contribution in [-0.4, -0.2) is 58.6 Å². The molecule has 0 heterocycles. The lowest BCUT2D eigenvalue weighted by atomic mass is 10.2. The number of nitrogens with one attached hydrogen (secondary N) is 1.